The van der Waals surface area contributed by atoms with Crippen molar-refractivity contribution in [2.75, 3.05) is 13.1 Å². The van der Waals surface area contributed by atoms with E-state index in [2.05, 4.69) is 86.8 Å². The molecule has 0 N–H and O–H groups in total. The Labute approximate surface area is 144 Å². The Morgan fingerprint density at radius 1 is 1.00 bits per heavy atom. The second kappa shape index (κ2) is 6.45. The van der Waals surface area contributed by atoms with Gasteiger partial charge in [-0.25, -0.2) is 0 Å². The predicted octanol–water partition coefficient (Wildman–Crippen LogP) is 5.43. The summed E-state index contributed by atoms with van der Waals surface area (Å²) in [5.74, 6) is 0. The van der Waals surface area contributed by atoms with Crippen molar-refractivity contribution in [3.05, 3.63) is 72.3 Å². The highest BCUT2D eigenvalue weighted by molar-refractivity contribution is 8.00. The smallest absolute Gasteiger partial charge is 0.0445 e. The molecular weight excluding hydrogens is 298 g/mol. The summed E-state index contributed by atoms with van der Waals surface area (Å²) >= 11 is 2.02. The van der Waals surface area contributed by atoms with Gasteiger partial charge in [0.15, 0.2) is 0 Å². The summed E-state index contributed by atoms with van der Waals surface area (Å²) in [6, 6.07) is 19.3. The Kier molecular flexibility index (Phi) is 4.54. The van der Waals surface area contributed by atoms with Crippen LogP contribution in [0, 0.1) is 0 Å². The fraction of sp³-hybridized carbons (Fsp3) is 0.333. The van der Waals surface area contributed by atoms with Crippen molar-refractivity contribution in [2.45, 2.75) is 36.3 Å². The molecule has 0 radical (unpaired) electrons. The van der Waals surface area contributed by atoms with Crippen molar-refractivity contribution in [2.24, 2.45) is 0 Å². The minimum Gasteiger partial charge on any atom is -0.369 e. The van der Waals surface area contributed by atoms with Crippen LogP contribution in [-0.4, -0.2) is 23.2 Å². The first kappa shape index (κ1) is 16.2. The predicted molar refractivity (Wildman–Crippen MR) is 102 cm³/mol. The number of nitrogens with zero attached hydrogens (tertiary/aromatic N) is 1. The van der Waals surface area contributed by atoms with E-state index in [-0.39, 0.29) is 5.41 Å². The highest BCUT2D eigenvalue weighted by Crippen LogP contribution is 2.38. The van der Waals surface area contributed by atoms with Crippen LogP contribution in [0.3, 0.4) is 0 Å². The standard InChI is InChI=1S/C21H25NS/c1-16(17-10-6-5-7-11-17)22-14-18(15-22)23-20-13-9-8-12-19(20)21(2,3)4/h5-13,18H,1,14-15H2,2-4H3. The van der Waals surface area contributed by atoms with Gasteiger partial charge >= 0.3 is 0 Å². The molecule has 1 heterocycles. The summed E-state index contributed by atoms with van der Waals surface area (Å²) < 4.78 is 0. The lowest BCUT2D eigenvalue weighted by Crippen LogP contribution is -2.47. The van der Waals surface area contributed by atoms with Crippen LogP contribution in [0.2, 0.25) is 0 Å². The van der Waals surface area contributed by atoms with E-state index in [0.29, 0.717) is 5.25 Å². The second-order valence-electron chi connectivity index (χ2n) is 7.20. The van der Waals surface area contributed by atoms with Gasteiger partial charge < -0.3 is 4.90 Å². The van der Waals surface area contributed by atoms with E-state index in [4.69, 9.17) is 0 Å². The Morgan fingerprint density at radius 3 is 2.26 bits per heavy atom. The number of likely N-dealkylation sites (tertiary alicyclic amines) is 1. The summed E-state index contributed by atoms with van der Waals surface area (Å²) in [5.41, 5.74) is 4.02. The fourth-order valence-electron chi connectivity index (χ4n) is 2.91. The molecule has 1 nitrogen and oxygen atoms in total. The summed E-state index contributed by atoms with van der Waals surface area (Å²) in [4.78, 5) is 3.81. The molecule has 2 aromatic carbocycles. The number of hydrogen-bond donors (Lipinski definition) is 0. The zero-order chi connectivity index (χ0) is 16.4. The Balaban J connectivity index is 1.62. The Hall–Kier alpha value is -1.67. The first-order valence-electron chi connectivity index (χ1n) is 8.20. The highest BCUT2D eigenvalue weighted by Gasteiger charge is 2.30. The third-order valence-corrected chi connectivity index (χ3v) is 5.57. The largest absolute Gasteiger partial charge is 0.369 e. The zero-order valence-corrected chi connectivity index (χ0v) is 15.1. The van der Waals surface area contributed by atoms with Crippen molar-refractivity contribution >= 4 is 17.5 Å². The van der Waals surface area contributed by atoms with Gasteiger partial charge in [0, 0.05) is 28.9 Å². The van der Waals surface area contributed by atoms with Crippen molar-refractivity contribution in [1.29, 1.82) is 0 Å². The number of benzene rings is 2. The second-order valence-corrected chi connectivity index (χ2v) is 8.55. The molecule has 2 aromatic rings. The minimum atomic E-state index is 0.195. The van der Waals surface area contributed by atoms with Gasteiger partial charge in [-0.2, -0.15) is 0 Å². The van der Waals surface area contributed by atoms with E-state index in [1.54, 1.807) is 0 Å². The average Bonchev–Trinajstić information content (AvgIpc) is 2.50. The van der Waals surface area contributed by atoms with E-state index in [9.17, 15) is 0 Å². The lowest BCUT2D eigenvalue weighted by Gasteiger charge is -2.42. The monoisotopic (exact) mass is 323 g/mol. The van der Waals surface area contributed by atoms with Crippen LogP contribution in [0.1, 0.15) is 31.9 Å². The number of hydrogen-bond acceptors (Lipinski definition) is 2. The molecule has 1 fully saturated rings. The lowest BCUT2D eigenvalue weighted by atomic mass is 9.87. The lowest BCUT2D eigenvalue weighted by molar-refractivity contribution is 0.294. The summed E-state index contributed by atoms with van der Waals surface area (Å²) in [5, 5.41) is 0.652. The van der Waals surface area contributed by atoms with Crippen LogP contribution in [0.4, 0.5) is 0 Å². The molecule has 1 aliphatic rings. The number of thioether (sulfide) groups is 1. The fourth-order valence-corrected chi connectivity index (χ4v) is 4.44. The summed E-state index contributed by atoms with van der Waals surface area (Å²) in [6.45, 7) is 13.3. The molecule has 120 valence electrons. The molecule has 1 aliphatic heterocycles. The van der Waals surface area contributed by atoms with Crippen molar-refractivity contribution in [1.82, 2.24) is 4.90 Å². The maximum absolute atomic E-state index is 4.26. The maximum Gasteiger partial charge on any atom is 0.0445 e. The first-order valence-corrected chi connectivity index (χ1v) is 9.08. The van der Waals surface area contributed by atoms with E-state index in [1.807, 2.05) is 11.8 Å². The molecule has 0 atom stereocenters. The number of rotatable bonds is 4. The van der Waals surface area contributed by atoms with Gasteiger partial charge in [-0.1, -0.05) is 75.9 Å². The molecule has 2 heteroatoms. The van der Waals surface area contributed by atoms with Crippen LogP contribution in [0.5, 0.6) is 0 Å². The molecule has 0 unspecified atom stereocenters. The van der Waals surface area contributed by atoms with Crippen LogP contribution >= 0.6 is 11.8 Å². The third-order valence-electron chi connectivity index (χ3n) is 4.33. The van der Waals surface area contributed by atoms with Crippen molar-refractivity contribution < 1.29 is 0 Å². The minimum absolute atomic E-state index is 0.195. The van der Waals surface area contributed by atoms with Gasteiger partial charge in [0.1, 0.15) is 0 Å². The highest BCUT2D eigenvalue weighted by atomic mass is 32.2. The summed E-state index contributed by atoms with van der Waals surface area (Å²) in [7, 11) is 0. The van der Waals surface area contributed by atoms with Crippen molar-refractivity contribution in [3.63, 3.8) is 0 Å². The maximum atomic E-state index is 4.26. The Bertz CT molecular complexity index is 678. The van der Waals surface area contributed by atoms with E-state index in [1.165, 1.54) is 16.0 Å². The normalized spacial score (nSPS) is 15.3. The molecule has 0 aliphatic carbocycles. The molecule has 0 amide bonds. The van der Waals surface area contributed by atoms with Gasteiger partial charge in [-0.3, -0.25) is 0 Å². The van der Waals surface area contributed by atoms with Crippen LogP contribution in [-0.2, 0) is 5.41 Å². The SMILES string of the molecule is C=C(c1ccccc1)N1CC(Sc2ccccc2C(C)(C)C)C1. The molecule has 0 spiro atoms. The van der Waals surface area contributed by atoms with Gasteiger partial charge in [0.05, 0.1) is 0 Å². The quantitative estimate of drug-likeness (QED) is 0.738. The summed E-state index contributed by atoms with van der Waals surface area (Å²) in [6.07, 6.45) is 0. The van der Waals surface area contributed by atoms with Crippen LogP contribution < -0.4 is 0 Å². The van der Waals surface area contributed by atoms with E-state index >= 15 is 0 Å². The van der Waals surface area contributed by atoms with E-state index in [0.717, 1.165) is 18.8 Å². The first-order chi connectivity index (χ1) is 10.9. The molecule has 0 bridgehead atoms. The molecule has 0 saturated carbocycles. The molecule has 1 saturated heterocycles. The zero-order valence-electron chi connectivity index (χ0n) is 14.3. The molecule has 0 aromatic heterocycles. The molecule has 3 rings (SSSR count). The topological polar surface area (TPSA) is 3.24 Å². The van der Waals surface area contributed by atoms with Crippen LogP contribution in [0.25, 0.3) is 5.70 Å². The third kappa shape index (κ3) is 3.64. The Morgan fingerprint density at radius 2 is 1.61 bits per heavy atom. The average molecular weight is 324 g/mol. The molecular formula is C21H25NS. The van der Waals surface area contributed by atoms with Crippen molar-refractivity contribution in [3.8, 4) is 0 Å². The van der Waals surface area contributed by atoms with Crippen LogP contribution in [0.15, 0.2) is 66.1 Å². The van der Waals surface area contributed by atoms with Gasteiger partial charge in [-0.05, 0) is 22.6 Å². The van der Waals surface area contributed by atoms with Gasteiger partial charge in [0.25, 0.3) is 0 Å². The van der Waals surface area contributed by atoms with Gasteiger partial charge in [-0.15, -0.1) is 11.8 Å². The van der Waals surface area contributed by atoms with Gasteiger partial charge in [0.2, 0.25) is 0 Å². The van der Waals surface area contributed by atoms with E-state index < -0.39 is 0 Å². The molecule has 23 heavy (non-hydrogen) atoms.